The molecule has 1 aliphatic rings. The molecule has 1 aromatic rings. The van der Waals surface area contributed by atoms with Crippen molar-refractivity contribution in [3.63, 3.8) is 0 Å². The average Bonchev–Trinajstić information content (AvgIpc) is 2.53. The van der Waals surface area contributed by atoms with Gasteiger partial charge in [0.25, 0.3) is 0 Å². The van der Waals surface area contributed by atoms with Crippen molar-refractivity contribution in [2.75, 3.05) is 20.3 Å². The summed E-state index contributed by atoms with van der Waals surface area (Å²) in [6, 6.07) is 8.63. The number of hydrogen-bond donors (Lipinski definition) is 1. The minimum Gasteiger partial charge on any atom is -0.497 e. The first-order valence-corrected chi connectivity index (χ1v) is 8.27. The van der Waals surface area contributed by atoms with E-state index >= 15 is 0 Å². The SMILES string of the molecule is CCNC(c1cccc(OC)c1)C1(OCC)CCCCC1. The third-order valence-corrected chi connectivity index (χ3v) is 4.49. The summed E-state index contributed by atoms with van der Waals surface area (Å²) in [5.74, 6) is 0.915. The van der Waals surface area contributed by atoms with E-state index in [1.54, 1.807) is 7.11 Å². The third kappa shape index (κ3) is 3.78. The molecule has 1 aromatic carbocycles. The highest BCUT2D eigenvalue weighted by atomic mass is 16.5. The summed E-state index contributed by atoms with van der Waals surface area (Å²) in [4.78, 5) is 0. The van der Waals surface area contributed by atoms with E-state index in [4.69, 9.17) is 9.47 Å². The van der Waals surface area contributed by atoms with Gasteiger partial charge in [-0.2, -0.15) is 0 Å². The van der Waals surface area contributed by atoms with Crippen LogP contribution in [0.2, 0.25) is 0 Å². The summed E-state index contributed by atoms with van der Waals surface area (Å²) in [5, 5.41) is 3.67. The van der Waals surface area contributed by atoms with Crippen LogP contribution in [-0.4, -0.2) is 25.9 Å². The van der Waals surface area contributed by atoms with Crippen LogP contribution in [0.4, 0.5) is 0 Å². The molecule has 3 nitrogen and oxygen atoms in total. The lowest BCUT2D eigenvalue weighted by molar-refractivity contribution is -0.0910. The molecule has 0 saturated heterocycles. The van der Waals surface area contributed by atoms with Gasteiger partial charge in [0.2, 0.25) is 0 Å². The lowest BCUT2D eigenvalue weighted by Crippen LogP contribution is -2.47. The van der Waals surface area contributed by atoms with E-state index in [0.29, 0.717) is 0 Å². The molecule has 0 bridgehead atoms. The van der Waals surface area contributed by atoms with E-state index in [2.05, 4.69) is 37.4 Å². The van der Waals surface area contributed by atoms with Gasteiger partial charge >= 0.3 is 0 Å². The first-order chi connectivity index (χ1) is 10.3. The van der Waals surface area contributed by atoms with E-state index in [0.717, 1.165) is 31.7 Å². The number of ether oxygens (including phenoxy) is 2. The second-order valence-electron chi connectivity index (χ2n) is 5.83. The molecule has 0 aromatic heterocycles. The number of hydrogen-bond acceptors (Lipinski definition) is 3. The van der Waals surface area contributed by atoms with Gasteiger partial charge in [0.15, 0.2) is 0 Å². The Kier molecular flexibility index (Phi) is 6.07. The Balaban J connectivity index is 2.33. The fourth-order valence-corrected chi connectivity index (χ4v) is 3.59. The highest BCUT2D eigenvalue weighted by Gasteiger charge is 2.41. The van der Waals surface area contributed by atoms with E-state index in [1.165, 1.54) is 24.8 Å². The Morgan fingerprint density at radius 1 is 1.19 bits per heavy atom. The zero-order valence-electron chi connectivity index (χ0n) is 13.7. The number of likely N-dealkylation sites (N-methyl/N-ethyl adjacent to an activating group) is 1. The Morgan fingerprint density at radius 3 is 2.57 bits per heavy atom. The van der Waals surface area contributed by atoms with Gasteiger partial charge in [0.1, 0.15) is 5.75 Å². The molecule has 1 fully saturated rings. The van der Waals surface area contributed by atoms with Crippen molar-refractivity contribution >= 4 is 0 Å². The molecule has 2 rings (SSSR count). The molecule has 0 radical (unpaired) electrons. The van der Waals surface area contributed by atoms with Crippen molar-refractivity contribution in [1.82, 2.24) is 5.32 Å². The van der Waals surface area contributed by atoms with Gasteiger partial charge in [-0.1, -0.05) is 38.3 Å². The Hall–Kier alpha value is -1.06. The molecule has 0 spiro atoms. The highest BCUT2D eigenvalue weighted by molar-refractivity contribution is 5.32. The first kappa shape index (κ1) is 16.3. The minimum atomic E-state index is -0.0740. The van der Waals surface area contributed by atoms with Crippen molar-refractivity contribution in [1.29, 1.82) is 0 Å². The zero-order chi connectivity index (χ0) is 15.1. The standard InChI is InChI=1S/C18H29NO2/c1-4-19-17(15-10-9-11-16(14-15)20-3)18(21-5-2)12-7-6-8-13-18/h9-11,14,17,19H,4-8,12-13H2,1-3H3. The van der Waals surface area contributed by atoms with Crippen molar-refractivity contribution in [2.24, 2.45) is 0 Å². The van der Waals surface area contributed by atoms with Crippen LogP contribution < -0.4 is 10.1 Å². The monoisotopic (exact) mass is 291 g/mol. The fourth-order valence-electron chi connectivity index (χ4n) is 3.59. The number of benzene rings is 1. The van der Waals surface area contributed by atoms with Crippen molar-refractivity contribution in [3.05, 3.63) is 29.8 Å². The van der Waals surface area contributed by atoms with Gasteiger partial charge in [-0.3, -0.25) is 0 Å². The molecule has 1 N–H and O–H groups in total. The van der Waals surface area contributed by atoms with E-state index in [-0.39, 0.29) is 11.6 Å². The maximum absolute atomic E-state index is 6.31. The lowest BCUT2D eigenvalue weighted by atomic mass is 9.76. The molecule has 0 heterocycles. The summed E-state index contributed by atoms with van der Waals surface area (Å²) < 4.78 is 11.7. The first-order valence-electron chi connectivity index (χ1n) is 8.27. The summed E-state index contributed by atoms with van der Waals surface area (Å²) in [6.45, 7) is 5.98. The molecule has 0 amide bonds. The van der Waals surface area contributed by atoms with Crippen LogP contribution in [0, 0.1) is 0 Å². The summed E-state index contributed by atoms with van der Waals surface area (Å²) in [7, 11) is 1.72. The molecule has 118 valence electrons. The quantitative estimate of drug-likeness (QED) is 0.821. The highest BCUT2D eigenvalue weighted by Crippen LogP contribution is 2.42. The van der Waals surface area contributed by atoms with Gasteiger partial charge in [-0.25, -0.2) is 0 Å². The number of nitrogens with one attached hydrogen (secondary N) is 1. The van der Waals surface area contributed by atoms with Gasteiger partial charge in [-0.05, 0) is 44.0 Å². The van der Waals surface area contributed by atoms with Crippen molar-refractivity contribution in [2.45, 2.75) is 57.6 Å². The normalized spacial score (nSPS) is 19.2. The van der Waals surface area contributed by atoms with Crippen molar-refractivity contribution < 1.29 is 9.47 Å². The molecular formula is C18H29NO2. The van der Waals surface area contributed by atoms with E-state index in [1.807, 2.05) is 6.07 Å². The Bertz CT molecular complexity index is 421. The molecule has 21 heavy (non-hydrogen) atoms. The summed E-state index contributed by atoms with van der Waals surface area (Å²) in [6.07, 6.45) is 6.11. The second kappa shape index (κ2) is 7.81. The average molecular weight is 291 g/mol. The Labute approximate surface area is 129 Å². The van der Waals surface area contributed by atoms with E-state index < -0.39 is 0 Å². The van der Waals surface area contributed by atoms with Crippen LogP contribution in [0.5, 0.6) is 5.75 Å². The maximum Gasteiger partial charge on any atom is 0.119 e. The Morgan fingerprint density at radius 2 is 1.95 bits per heavy atom. The summed E-state index contributed by atoms with van der Waals surface area (Å²) in [5.41, 5.74) is 1.20. The van der Waals surface area contributed by atoms with Crippen molar-refractivity contribution in [3.8, 4) is 5.75 Å². The van der Waals surface area contributed by atoms with Gasteiger partial charge < -0.3 is 14.8 Å². The second-order valence-corrected chi connectivity index (χ2v) is 5.83. The molecule has 1 aliphatic carbocycles. The van der Waals surface area contributed by atoms with Crippen LogP contribution in [0.25, 0.3) is 0 Å². The van der Waals surface area contributed by atoms with Gasteiger partial charge in [0.05, 0.1) is 18.8 Å². The van der Waals surface area contributed by atoms with Crippen LogP contribution in [0.1, 0.15) is 57.6 Å². The maximum atomic E-state index is 6.31. The topological polar surface area (TPSA) is 30.5 Å². The zero-order valence-corrected chi connectivity index (χ0v) is 13.7. The van der Waals surface area contributed by atoms with Gasteiger partial charge in [0, 0.05) is 6.61 Å². The smallest absolute Gasteiger partial charge is 0.119 e. The molecule has 3 heteroatoms. The van der Waals surface area contributed by atoms with Crippen LogP contribution in [0.3, 0.4) is 0 Å². The molecule has 1 saturated carbocycles. The lowest BCUT2D eigenvalue weighted by Gasteiger charge is -2.44. The predicted molar refractivity (Wildman–Crippen MR) is 86.9 cm³/mol. The fraction of sp³-hybridized carbons (Fsp3) is 0.667. The molecule has 1 unspecified atom stereocenters. The van der Waals surface area contributed by atoms with E-state index in [9.17, 15) is 0 Å². The predicted octanol–water partition coefficient (Wildman–Crippen LogP) is 4.09. The third-order valence-electron chi connectivity index (χ3n) is 4.49. The van der Waals surface area contributed by atoms with Crippen LogP contribution >= 0.6 is 0 Å². The number of rotatable bonds is 7. The molecule has 1 atom stereocenters. The largest absolute Gasteiger partial charge is 0.497 e. The number of methoxy groups -OCH3 is 1. The molecule has 0 aliphatic heterocycles. The van der Waals surface area contributed by atoms with Crippen LogP contribution in [-0.2, 0) is 4.74 Å². The summed E-state index contributed by atoms with van der Waals surface area (Å²) >= 11 is 0. The van der Waals surface area contributed by atoms with Crippen LogP contribution in [0.15, 0.2) is 24.3 Å². The minimum absolute atomic E-state index is 0.0740. The van der Waals surface area contributed by atoms with Gasteiger partial charge in [-0.15, -0.1) is 0 Å². The molecular weight excluding hydrogens is 262 g/mol.